The Labute approximate surface area is 94.2 Å². The molecule has 0 spiro atoms. The Morgan fingerprint density at radius 1 is 1.20 bits per heavy atom. The summed E-state index contributed by atoms with van der Waals surface area (Å²) in [7, 11) is 0. The Bertz CT molecular complexity index is 223. The van der Waals surface area contributed by atoms with Crippen molar-refractivity contribution in [2.75, 3.05) is 6.61 Å². The first-order valence-electron chi connectivity index (χ1n) is 6.39. The van der Waals surface area contributed by atoms with Gasteiger partial charge in [-0.15, -0.1) is 0 Å². The smallest absolute Gasteiger partial charge is 0.0994 e. The third-order valence-electron chi connectivity index (χ3n) is 2.79. The van der Waals surface area contributed by atoms with E-state index in [1.807, 2.05) is 0 Å². The minimum atomic E-state index is 0.937. The first-order chi connectivity index (χ1) is 7.38. The summed E-state index contributed by atoms with van der Waals surface area (Å²) in [6.45, 7) is 5.36. The summed E-state index contributed by atoms with van der Waals surface area (Å²) in [6, 6.07) is 0. The maximum atomic E-state index is 5.51. The molecule has 0 unspecified atom stereocenters. The fourth-order valence-corrected chi connectivity index (χ4v) is 1.89. The van der Waals surface area contributed by atoms with Crippen LogP contribution < -0.4 is 0 Å². The molecule has 0 saturated heterocycles. The fraction of sp³-hybridized carbons (Fsp3) is 0.714. The molecule has 1 nitrogen and oxygen atoms in total. The van der Waals surface area contributed by atoms with Gasteiger partial charge >= 0.3 is 0 Å². The normalized spacial score (nSPS) is 18.8. The van der Waals surface area contributed by atoms with Crippen molar-refractivity contribution in [1.82, 2.24) is 0 Å². The van der Waals surface area contributed by atoms with E-state index in [0.717, 1.165) is 13.0 Å². The van der Waals surface area contributed by atoms with E-state index in [9.17, 15) is 0 Å². The van der Waals surface area contributed by atoms with Crippen molar-refractivity contribution < 1.29 is 4.74 Å². The Morgan fingerprint density at radius 2 is 2.00 bits per heavy atom. The van der Waals surface area contributed by atoms with Crippen molar-refractivity contribution in [1.29, 1.82) is 0 Å². The predicted octanol–water partition coefficient (Wildman–Crippen LogP) is 4.60. The van der Waals surface area contributed by atoms with E-state index in [1.165, 1.54) is 49.9 Å². The summed E-state index contributed by atoms with van der Waals surface area (Å²) >= 11 is 0. The zero-order chi connectivity index (χ0) is 10.9. The summed E-state index contributed by atoms with van der Waals surface area (Å²) in [4.78, 5) is 0. The Morgan fingerprint density at radius 3 is 2.60 bits per heavy atom. The lowest BCUT2D eigenvalue weighted by Crippen LogP contribution is -2.07. The van der Waals surface area contributed by atoms with Crippen LogP contribution in [-0.2, 0) is 4.74 Å². The van der Waals surface area contributed by atoms with E-state index in [1.54, 1.807) is 0 Å². The molecule has 1 aliphatic carbocycles. The Hall–Kier alpha value is -0.720. The molecule has 0 bridgehead atoms. The number of allylic oxidation sites excluding steroid dienone is 4. The van der Waals surface area contributed by atoms with E-state index >= 15 is 0 Å². The lowest BCUT2D eigenvalue weighted by atomic mass is 9.99. The van der Waals surface area contributed by atoms with Gasteiger partial charge in [0.15, 0.2) is 0 Å². The molecule has 0 N–H and O–H groups in total. The van der Waals surface area contributed by atoms with Crippen LogP contribution in [0.15, 0.2) is 23.5 Å². The third kappa shape index (κ3) is 4.55. The van der Waals surface area contributed by atoms with Crippen LogP contribution in [0.3, 0.4) is 0 Å². The summed E-state index contributed by atoms with van der Waals surface area (Å²) in [5.74, 6) is 1.26. The number of hydrogen-bond donors (Lipinski definition) is 0. The van der Waals surface area contributed by atoms with Crippen LogP contribution in [0.5, 0.6) is 0 Å². The van der Waals surface area contributed by atoms with Crippen LogP contribution in [0, 0.1) is 0 Å². The first kappa shape index (κ1) is 12.4. The van der Waals surface area contributed by atoms with Crippen molar-refractivity contribution in [3.05, 3.63) is 23.5 Å². The van der Waals surface area contributed by atoms with Gasteiger partial charge in [-0.05, 0) is 24.8 Å². The highest BCUT2D eigenvalue weighted by atomic mass is 16.5. The maximum absolute atomic E-state index is 5.51. The van der Waals surface area contributed by atoms with Gasteiger partial charge in [0.25, 0.3) is 0 Å². The standard InChI is InChI=1S/C9H12O.C5H12/c1-2-6-9-8(4-1)5-3-7-10-9;1-3-5-4-2/h1,4H,2-3,5-7H2;3-5H2,1-2H3. The van der Waals surface area contributed by atoms with Gasteiger partial charge in [-0.25, -0.2) is 0 Å². The van der Waals surface area contributed by atoms with Crippen molar-refractivity contribution in [3.63, 3.8) is 0 Å². The molecule has 0 radical (unpaired) electrons. The van der Waals surface area contributed by atoms with Gasteiger partial charge in [-0.1, -0.05) is 45.3 Å². The second-order valence-corrected chi connectivity index (χ2v) is 4.20. The van der Waals surface area contributed by atoms with Gasteiger partial charge in [0.05, 0.1) is 12.4 Å². The van der Waals surface area contributed by atoms with Crippen LogP contribution in [0.4, 0.5) is 0 Å². The van der Waals surface area contributed by atoms with Gasteiger partial charge in [0, 0.05) is 6.42 Å². The van der Waals surface area contributed by atoms with E-state index in [-0.39, 0.29) is 0 Å². The SMILES string of the molecule is C1=CC2=C(CC1)OCCC2.CCCCC. The zero-order valence-corrected chi connectivity index (χ0v) is 10.2. The maximum Gasteiger partial charge on any atom is 0.0994 e. The minimum absolute atomic E-state index is 0.937. The molecule has 0 saturated carbocycles. The quantitative estimate of drug-likeness (QED) is 0.644. The lowest BCUT2D eigenvalue weighted by molar-refractivity contribution is 0.178. The molecule has 0 amide bonds. The third-order valence-corrected chi connectivity index (χ3v) is 2.79. The summed E-state index contributed by atoms with van der Waals surface area (Å²) in [5, 5.41) is 0. The molecule has 2 rings (SSSR count). The Kier molecular flexibility index (Phi) is 6.22. The highest BCUT2D eigenvalue weighted by Crippen LogP contribution is 2.27. The van der Waals surface area contributed by atoms with Gasteiger partial charge in [0.2, 0.25) is 0 Å². The molecule has 2 aliphatic rings. The van der Waals surface area contributed by atoms with Crippen LogP contribution >= 0.6 is 0 Å². The molecule has 0 atom stereocenters. The fourth-order valence-electron chi connectivity index (χ4n) is 1.89. The molecule has 0 aromatic rings. The van der Waals surface area contributed by atoms with E-state index in [2.05, 4.69) is 26.0 Å². The van der Waals surface area contributed by atoms with Crippen LogP contribution in [-0.4, -0.2) is 6.61 Å². The number of hydrogen-bond acceptors (Lipinski definition) is 1. The molecule has 0 fully saturated rings. The first-order valence-corrected chi connectivity index (χ1v) is 6.39. The van der Waals surface area contributed by atoms with E-state index in [4.69, 9.17) is 4.74 Å². The lowest BCUT2D eigenvalue weighted by Gasteiger charge is -2.21. The van der Waals surface area contributed by atoms with Gasteiger partial charge in [0.1, 0.15) is 0 Å². The number of rotatable bonds is 2. The summed E-state index contributed by atoms with van der Waals surface area (Å²) in [5.41, 5.74) is 1.44. The van der Waals surface area contributed by atoms with Crippen molar-refractivity contribution in [3.8, 4) is 0 Å². The molecule has 1 heteroatoms. The van der Waals surface area contributed by atoms with Crippen LogP contribution in [0.2, 0.25) is 0 Å². The molecule has 86 valence electrons. The van der Waals surface area contributed by atoms with Crippen molar-refractivity contribution in [2.45, 2.75) is 58.8 Å². The van der Waals surface area contributed by atoms with E-state index < -0.39 is 0 Å². The van der Waals surface area contributed by atoms with Crippen molar-refractivity contribution >= 4 is 0 Å². The second-order valence-electron chi connectivity index (χ2n) is 4.20. The van der Waals surface area contributed by atoms with Crippen molar-refractivity contribution in [2.24, 2.45) is 0 Å². The Balaban J connectivity index is 0.000000195. The molecular weight excluding hydrogens is 184 g/mol. The molecule has 0 aromatic carbocycles. The zero-order valence-electron chi connectivity index (χ0n) is 10.2. The number of ether oxygens (including phenoxy) is 1. The molecule has 1 aliphatic heterocycles. The second kappa shape index (κ2) is 7.56. The average Bonchev–Trinajstić information content (AvgIpc) is 2.31. The molecular formula is C14H24O. The summed E-state index contributed by atoms with van der Waals surface area (Å²) in [6.07, 6.45) is 13.3. The molecule has 0 aromatic heterocycles. The van der Waals surface area contributed by atoms with Gasteiger partial charge < -0.3 is 4.74 Å². The van der Waals surface area contributed by atoms with Crippen LogP contribution in [0.1, 0.15) is 58.8 Å². The van der Waals surface area contributed by atoms with E-state index in [0.29, 0.717) is 0 Å². The number of unbranched alkanes of at least 4 members (excludes halogenated alkanes) is 2. The van der Waals surface area contributed by atoms with Crippen LogP contribution in [0.25, 0.3) is 0 Å². The summed E-state index contributed by atoms with van der Waals surface area (Å²) < 4.78 is 5.51. The average molecular weight is 208 g/mol. The molecule has 15 heavy (non-hydrogen) atoms. The minimum Gasteiger partial charge on any atom is -0.498 e. The highest BCUT2D eigenvalue weighted by Gasteiger charge is 2.13. The largest absolute Gasteiger partial charge is 0.498 e. The molecule has 1 heterocycles. The van der Waals surface area contributed by atoms with Gasteiger partial charge in [-0.3, -0.25) is 0 Å². The highest BCUT2D eigenvalue weighted by molar-refractivity contribution is 5.27. The van der Waals surface area contributed by atoms with Gasteiger partial charge in [-0.2, -0.15) is 0 Å². The topological polar surface area (TPSA) is 9.23 Å². The monoisotopic (exact) mass is 208 g/mol. The predicted molar refractivity (Wildman–Crippen MR) is 65.8 cm³/mol.